The number of ether oxygens (including phenoxy) is 1. The van der Waals surface area contributed by atoms with Gasteiger partial charge in [0.1, 0.15) is 0 Å². The van der Waals surface area contributed by atoms with E-state index in [2.05, 4.69) is 6.92 Å². The van der Waals surface area contributed by atoms with Crippen molar-refractivity contribution in [2.45, 2.75) is 45.2 Å². The van der Waals surface area contributed by atoms with E-state index in [9.17, 15) is 22.8 Å². The molecule has 1 saturated heterocycles. The fraction of sp³-hybridized carbons (Fsp3) is 0.579. The second kappa shape index (κ2) is 9.05. The van der Waals surface area contributed by atoms with Crippen molar-refractivity contribution in [3.63, 3.8) is 0 Å². The molecule has 1 fully saturated rings. The quantitative estimate of drug-likeness (QED) is 0.554. The molecule has 1 amide bonds. The van der Waals surface area contributed by atoms with Crippen LogP contribution in [0.25, 0.3) is 0 Å². The lowest BCUT2D eigenvalue weighted by atomic mass is 9.96. The molecule has 1 aliphatic heterocycles. The number of unbranched alkanes of at least 4 members (excludes halogenated alkanes) is 2. The fourth-order valence-electron chi connectivity index (χ4n) is 2.97. The van der Waals surface area contributed by atoms with E-state index in [1.165, 1.54) is 17.0 Å². The number of hydrogen-bond acceptors (Lipinski definition) is 3. The number of rotatable bonds is 6. The van der Waals surface area contributed by atoms with Crippen molar-refractivity contribution in [1.29, 1.82) is 0 Å². The number of halogens is 3. The van der Waals surface area contributed by atoms with Crippen LogP contribution in [0.5, 0.6) is 0 Å². The topological polar surface area (TPSA) is 46.6 Å². The molecule has 0 spiro atoms. The van der Waals surface area contributed by atoms with Gasteiger partial charge in [-0.2, -0.15) is 13.2 Å². The second-order valence-electron chi connectivity index (χ2n) is 6.52. The first-order valence-electron chi connectivity index (χ1n) is 8.96. The third-order valence-electron chi connectivity index (χ3n) is 4.54. The van der Waals surface area contributed by atoms with E-state index in [1.54, 1.807) is 0 Å². The van der Waals surface area contributed by atoms with Gasteiger partial charge in [-0.3, -0.25) is 9.59 Å². The van der Waals surface area contributed by atoms with Gasteiger partial charge < -0.3 is 9.64 Å². The molecule has 0 atom stereocenters. The smallest absolute Gasteiger partial charge is 0.416 e. The lowest BCUT2D eigenvalue weighted by Gasteiger charge is -2.31. The Morgan fingerprint density at radius 1 is 1.19 bits per heavy atom. The molecule has 7 heteroatoms. The van der Waals surface area contributed by atoms with Crippen molar-refractivity contribution in [2.75, 3.05) is 19.7 Å². The van der Waals surface area contributed by atoms with Crippen LogP contribution in [0.15, 0.2) is 24.3 Å². The maximum absolute atomic E-state index is 12.8. The molecule has 0 radical (unpaired) electrons. The van der Waals surface area contributed by atoms with Gasteiger partial charge in [0.05, 0.1) is 18.1 Å². The Balaban J connectivity index is 1.87. The number of carbonyl (C=O) groups is 2. The van der Waals surface area contributed by atoms with E-state index in [0.29, 0.717) is 32.5 Å². The zero-order chi connectivity index (χ0) is 19.2. The molecule has 26 heavy (non-hydrogen) atoms. The molecule has 0 unspecified atom stereocenters. The Kier molecular flexibility index (Phi) is 7.06. The number of benzene rings is 1. The third kappa shape index (κ3) is 5.47. The monoisotopic (exact) mass is 371 g/mol. The number of alkyl halides is 3. The predicted octanol–water partition coefficient (Wildman–Crippen LogP) is 4.29. The summed E-state index contributed by atoms with van der Waals surface area (Å²) in [7, 11) is 0. The lowest BCUT2D eigenvalue weighted by Crippen LogP contribution is -2.40. The summed E-state index contributed by atoms with van der Waals surface area (Å²) in [5.74, 6) is -0.930. The minimum atomic E-state index is -4.48. The van der Waals surface area contributed by atoms with Crippen molar-refractivity contribution in [3.8, 4) is 0 Å². The molecule has 4 nitrogen and oxygen atoms in total. The first kappa shape index (κ1) is 20.3. The van der Waals surface area contributed by atoms with E-state index >= 15 is 0 Å². The Bertz CT molecular complexity index is 623. The summed E-state index contributed by atoms with van der Waals surface area (Å²) in [6, 6.07) is 4.43. The summed E-state index contributed by atoms with van der Waals surface area (Å²) >= 11 is 0. The molecule has 1 aromatic carbocycles. The zero-order valence-corrected chi connectivity index (χ0v) is 14.8. The predicted molar refractivity (Wildman–Crippen MR) is 90.6 cm³/mol. The highest BCUT2D eigenvalue weighted by Crippen LogP contribution is 2.30. The lowest BCUT2D eigenvalue weighted by molar-refractivity contribution is -0.150. The van der Waals surface area contributed by atoms with Crippen molar-refractivity contribution >= 4 is 11.9 Å². The molecule has 2 rings (SSSR count). The molecular weight excluding hydrogens is 347 g/mol. The molecule has 0 bridgehead atoms. The van der Waals surface area contributed by atoms with Crippen LogP contribution in [0.4, 0.5) is 13.2 Å². The summed E-state index contributed by atoms with van der Waals surface area (Å²) in [6.07, 6.45) is -0.640. The molecule has 0 saturated carbocycles. The number of nitrogens with zero attached hydrogens (tertiary/aromatic N) is 1. The van der Waals surface area contributed by atoms with Crippen LogP contribution >= 0.6 is 0 Å². The Morgan fingerprint density at radius 2 is 1.88 bits per heavy atom. The highest BCUT2D eigenvalue weighted by Gasteiger charge is 2.32. The van der Waals surface area contributed by atoms with Crippen molar-refractivity contribution < 1.29 is 27.5 Å². The van der Waals surface area contributed by atoms with Crippen LogP contribution < -0.4 is 0 Å². The van der Waals surface area contributed by atoms with Crippen LogP contribution in [0.2, 0.25) is 0 Å². The zero-order valence-electron chi connectivity index (χ0n) is 14.8. The SMILES string of the molecule is CCCCCOC(=O)C1CCN(C(=O)c2cccc(C(F)(F)F)c2)CC1. The van der Waals surface area contributed by atoms with E-state index in [-0.39, 0.29) is 17.5 Å². The van der Waals surface area contributed by atoms with Crippen molar-refractivity contribution in [2.24, 2.45) is 5.92 Å². The van der Waals surface area contributed by atoms with Crippen molar-refractivity contribution in [1.82, 2.24) is 4.90 Å². The molecule has 1 heterocycles. The van der Waals surface area contributed by atoms with Gasteiger partial charge in [0.15, 0.2) is 0 Å². The van der Waals surface area contributed by atoms with Gasteiger partial charge in [0, 0.05) is 18.7 Å². The van der Waals surface area contributed by atoms with E-state index < -0.39 is 17.6 Å². The number of carbonyl (C=O) groups excluding carboxylic acids is 2. The van der Waals surface area contributed by atoms with Gasteiger partial charge in [-0.15, -0.1) is 0 Å². The molecule has 1 aromatic rings. The summed E-state index contributed by atoms with van der Waals surface area (Å²) in [6.45, 7) is 3.16. The van der Waals surface area contributed by atoms with Crippen LogP contribution in [0.1, 0.15) is 54.9 Å². The van der Waals surface area contributed by atoms with Crippen molar-refractivity contribution in [3.05, 3.63) is 35.4 Å². The van der Waals surface area contributed by atoms with Crippen LogP contribution in [0, 0.1) is 5.92 Å². The molecule has 1 aliphatic rings. The third-order valence-corrected chi connectivity index (χ3v) is 4.54. The number of likely N-dealkylation sites (tertiary alicyclic amines) is 1. The fourth-order valence-corrected chi connectivity index (χ4v) is 2.97. The summed E-state index contributed by atoms with van der Waals surface area (Å²) in [5.41, 5.74) is -0.825. The van der Waals surface area contributed by atoms with Gasteiger partial charge in [-0.25, -0.2) is 0 Å². The Hall–Kier alpha value is -2.05. The summed E-state index contributed by atoms with van der Waals surface area (Å²) in [5, 5.41) is 0. The van der Waals surface area contributed by atoms with Crippen LogP contribution in [0.3, 0.4) is 0 Å². The van der Waals surface area contributed by atoms with Gasteiger partial charge in [0.2, 0.25) is 0 Å². The standard InChI is InChI=1S/C19H24F3NO3/c1-2-3-4-12-26-18(25)14-8-10-23(11-9-14)17(24)15-6-5-7-16(13-15)19(20,21)22/h5-7,13-14H,2-4,8-12H2,1H3. The number of hydrogen-bond donors (Lipinski definition) is 0. The van der Waals surface area contributed by atoms with Gasteiger partial charge >= 0.3 is 12.1 Å². The first-order valence-corrected chi connectivity index (χ1v) is 8.96. The van der Waals surface area contributed by atoms with Gasteiger partial charge in [0.25, 0.3) is 5.91 Å². The largest absolute Gasteiger partial charge is 0.465 e. The number of esters is 1. The minimum Gasteiger partial charge on any atom is -0.465 e. The Labute approximate surface area is 151 Å². The molecule has 0 aromatic heterocycles. The number of amides is 1. The second-order valence-corrected chi connectivity index (χ2v) is 6.52. The maximum atomic E-state index is 12.8. The highest BCUT2D eigenvalue weighted by molar-refractivity contribution is 5.94. The molecule has 144 valence electrons. The van der Waals surface area contributed by atoms with E-state index in [1.807, 2.05) is 0 Å². The number of piperidine rings is 1. The molecule has 0 N–H and O–H groups in total. The van der Waals surface area contributed by atoms with Crippen LogP contribution in [-0.4, -0.2) is 36.5 Å². The maximum Gasteiger partial charge on any atom is 0.416 e. The van der Waals surface area contributed by atoms with E-state index in [4.69, 9.17) is 4.74 Å². The van der Waals surface area contributed by atoms with E-state index in [0.717, 1.165) is 31.4 Å². The highest BCUT2D eigenvalue weighted by atomic mass is 19.4. The van der Waals surface area contributed by atoms with Crippen LogP contribution in [-0.2, 0) is 15.7 Å². The first-order chi connectivity index (χ1) is 12.3. The summed E-state index contributed by atoms with van der Waals surface area (Å²) in [4.78, 5) is 26.0. The van der Waals surface area contributed by atoms with Gasteiger partial charge in [-0.1, -0.05) is 25.8 Å². The Morgan fingerprint density at radius 3 is 2.50 bits per heavy atom. The average Bonchev–Trinajstić information content (AvgIpc) is 2.64. The van der Waals surface area contributed by atoms with Gasteiger partial charge in [-0.05, 0) is 37.5 Å². The summed E-state index contributed by atoms with van der Waals surface area (Å²) < 4.78 is 43.6. The minimum absolute atomic E-state index is 0.0143. The average molecular weight is 371 g/mol. The molecule has 0 aliphatic carbocycles. The molecular formula is C19H24F3NO3. The normalized spacial score (nSPS) is 15.8.